The Hall–Kier alpha value is -1.60. The van der Waals surface area contributed by atoms with Gasteiger partial charge in [0.25, 0.3) is 0 Å². The fraction of sp³-hybridized carbons (Fsp3) is 0.250. The zero-order valence-electron chi connectivity index (χ0n) is 10.7. The molecule has 0 aromatic heterocycles. The van der Waals surface area contributed by atoms with Crippen molar-refractivity contribution in [2.24, 2.45) is 5.73 Å². The van der Waals surface area contributed by atoms with E-state index in [4.69, 9.17) is 5.73 Å². The monoisotopic (exact) mass is 225 g/mol. The lowest BCUT2D eigenvalue weighted by Gasteiger charge is -2.12. The maximum Gasteiger partial charge on any atom is 0.0178 e. The first kappa shape index (κ1) is 11.9. The van der Waals surface area contributed by atoms with Crippen LogP contribution >= 0.6 is 0 Å². The first-order chi connectivity index (χ1) is 8.13. The molecule has 1 heteroatoms. The predicted octanol–water partition coefficient (Wildman–Crippen LogP) is 3.74. The average Bonchev–Trinajstić information content (AvgIpc) is 2.34. The van der Waals surface area contributed by atoms with Crippen molar-refractivity contribution in [1.82, 2.24) is 0 Å². The van der Waals surface area contributed by atoms with E-state index in [1.807, 2.05) is 0 Å². The van der Waals surface area contributed by atoms with Gasteiger partial charge in [0.15, 0.2) is 0 Å². The van der Waals surface area contributed by atoms with Crippen molar-refractivity contribution in [3.05, 3.63) is 58.7 Å². The largest absolute Gasteiger partial charge is 0.326 e. The van der Waals surface area contributed by atoms with Crippen LogP contribution in [0.15, 0.2) is 36.4 Å². The van der Waals surface area contributed by atoms with E-state index < -0.39 is 0 Å². The summed E-state index contributed by atoms with van der Waals surface area (Å²) in [6.07, 6.45) is 0. The molecule has 17 heavy (non-hydrogen) atoms. The quantitative estimate of drug-likeness (QED) is 0.828. The lowest BCUT2D eigenvalue weighted by molar-refractivity contribution is 1.07. The summed E-state index contributed by atoms with van der Waals surface area (Å²) in [5.41, 5.74) is 13.5. The molecule has 0 bridgehead atoms. The minimum Gasteiger partial charge on any atom is -0.326 e. The third-order valence-electron chi connectivity index (χ3n) is 3.43. The second-order valence-electron chi connectivity index (χ2n) is 4.60. The first-order valence-corrected chi connectivity index (χ1v) is 5.99. The van der Waals surface area contributed by atoms with Crippen molar-refractivity contribution in [2.75, 3.05) is 0 Å². The summed E-state index contributed by atoms with van der Waals surface area (Å²) < 4.78 is 0. The highest BCUT2D eigenvalue weighted by Gasteiger charge is 2.07. The SMILES string of the molecule is Cc1ccc(CN)cc1-c1cccc(C)c1C. The Balaban J connectivity index is 2.63. The summed E-state index contributed by atoms with van der Waals surface area (Å²) in [7, 11) is 0. The number of hydrogen-bond donors (Lipinski definition) is 1. The minimum absolute atomic E-state index is 0.595. The summed E-state index contributed by atoms with van der Waals surface area (Å²) in [5, 5.41) is 0. The molecule has 2 aromatic rings. The van der Waals surface area contributed by atoms with Gasteiger partial charge in [-0.05, 0) is 60.2 Å². The first-order valence-electron chi connectivity index (χ1n) is 5.99. The number of benzene rings is 2. The van der Waals surface area contributed by atoms with Crippen molar-refractivity contribution < 1.29 is 0 Å². The van der Waals surface area contributed by atoms with E-state index in [1.165, 1.54) is 33.4 Å². The molecule has 88 valence electrons. The van der Waals surface area contributed by atoms with Gasteiger partial charge in [0.2, 0.25) is 0 Å². The van der Waals surface area contributed by atoms with Crippen LogP contribution in [0.1, 0.15) is 22.3 Å². The third-order valence-corrected chi connectivity index (χ3v) is 3.43. The highest BCUT2D eigenvalue weighted by molar-refractivity contribution is 5.72. The molecule has 0 aliphatic rings. The Bertz CT molecular complexity index is 541. The molecular weight excluding hydrogens is 206 g/mol. The topological polar surface area (TPSA) is 26.0 Å². The molecule has 2 aromatic carbocycles. The van der Waals surface area contributed by atoms with E-state index >= 15 is 0 Å². The lowest BCUT2D eigenvalue weighted by atomic mass is 9.93. The van der Waals surface area contributed by atoms with Crippen molar-refractivity contribution in [1.29, 1.82) is 0 Å². The third kappa shape index (κ3) is 2.25. The maximum absolute atomic E-state index is 5.71. The van der Waals surface area contributed by atoms with E-state index in [9.17, 15) is 0 Å². The van der Waals surface area contributed by atoms with Crippen molar-refractivity contribution in [2.45, 2.75) is 27.3 Å². The van der Waals surface area contributed by atoms with Crippen LogP contribution in [-0.4, -0.2) is 0 Å². The zero-order chi connectivity index (χ0) is 12.4. The van der Waals surface area contributed by atoms with Crippen molar-refractivity contribution in [3.8, 4) is 11.1 Å². The smallest absolute Gasteiger partial charge is 0.0178 e. The van der Waals surface area contributed by atoms with Gasteiger partial charge >= 0.3 is 0 Å². The van der Waals surface area contributed by atoms with Gasteiger partial charge in [-0.2, -0.15) is 0 Å². The molecule has 0 atom stereocenters. The van der Waals surface area contributed by atoms with Crippen LogP contribution in [0.5, 0.6) is 0 Å². The summed E-state index contributed by atoms with van der Waals surface area (Å²) in [4.78, 5) is 0. The Morgan fingerprint density at radius 1 is 0.882 bits per heavy atom. The summed E-state index contributed by atoms with van der Waals surface area (Å²) in [6.45, 7) is 7.08. The maximum atomic E-state index is 5.71. The van der Waals surface area contributed by atoms with Crippen LogP contribution < -0.4 is 5.73 Å². The lowest BCUT2D eigenvalue weighted by Crippen LogP contribution is -1.98. The fourth-order valence-electron chi connectivity index (χ4n) is 2.13. The van der Waals surface area contributed by atoms with Gasteiger partial charge in [-0.3, -0.25) is 0 Å². The fourth-order valence-corrected chi connectivity index (χ4v) is 2.13. The van der Waals surface area contributed by atoms with E-state index in [0.717, 1.165) is 0 Å². The molecule has 0 fully saturated rings. The standard InChI is InChI=1S/C16H19N/c1-11-5-4-6-15(13(11)3)16-9-14(10-17)8-7-12(16)2/h4-9H,10,17H2,1-3H3. The van der Waals surface area contributed by atoms with Gasteiger partial charge in [0, 0.05) is 6.54 Å². The molecule has 0 saturated heterocycles. The molecule has 0 heterocycles. The molecule has 0 amide bonds. The van der Waals surface area contributed by atoms with Gasteiger partial charge < -0.3 is 5.73 Å². The molecule has 0 saturated carbocycles. The molecular formula is C16H19N. The van der Waals surface area contributed by atoms with Crippen LogP contribution in [-0.2, 0) is 6.54 Å². The normalized spacial score (nSPS) is 10.6. The molecule has 2 rings (SSSR count). The molecule has 0 spiro atoms. The minimum atomic E-state index is 0.595. The van der Waals surface area contributed by atoms with Gasteiger partial charge in [-0.25, -0.2) is 0 Å². The highest BCUT2D eigenvalue weighted by atomic mass is 14.5. The molecule has 0 aliphatic heterocycles. The number of hydrogen-bond acceptors (Lipinski definition) is 1. The predicted molar refractivity (Wildman–Crippen MR) is 74.0 cm³/mol. The van der Waals surface area contributed by atoms with E-state index in [-0.39, 0.29) is 0 Å². The zero-order valence-corrected chi connectivity index (χ0v) is 10.7. The van der Waals surface area contributed by atoms with E-state index in [0.29, 0.717) is 6.54 Å². The summed E-state index contributed by atoms with van der Waals surface area (Å²) in [6, 6.07) is 12.9. The highest BCUT2D eigenvalue weighted by Crippen LogP contribution is 2.29. The van der Waals surface area contributed by atoms with Crippen LogP contribution in [0.2, 0.25) is 0 Å². The van der Waals surface area contributed by atoms with Gasteiger partial charge in [0.1, 0.15) is 0 Å². The second kappa shape index (κ2) is 4.72. The van der Waals surface area contributed by atoms with Crippen LogP contribution in [0.4, 0.5) is 0 Å². The Morgan fingerprint density at radius 2 is 1.65 bits per heavy atom. The second-order valence-corrected chi connectivity index (χ2v) is 4.60. The van der Waals surface area contributed by atoms with E-state index in [1.54, 1.807) is 0 Å². The number of nitrogens with two attached hydrogens (primary N) is 1. The number of rotatable bonds is 2. The van der Waals surface area contributed by atoms with Gasteiger partial charge in [0.05, 0.1) is 0 Å². The average molecular weight is 225 g/mol. The van der Waals surface area contributed by atoms with Gasteiger partial charge in [-0.1, -0.05) is 30.3 Å². The molecule has 0 unspecified atom stereocenters. The van der Waals surface area contributed by atoms with Crippen LogP contribution in [0.25, 0.3) is 11.1 Å². The molecule has 1 nitrogen and oxygen atoms in total. The Morgan fingerprint density at radius 3 is 2.35 bits per heavy atom. The Labute approximate surface area is 103 Å². The number of aryl methyl sites for hydroxylation is 2. The molecule has 0 aliphatic carbocycles. The summed E-state index contributed by atoms with van der Waals surface area (Å²) >= 11 is 0. The van der Waals surface area contributed by atoms with Crippen molar-refractivity contribution in [3.63, 3.8) is 0 Å². The van der Waals surface area contributed by atoms with Crippen LogP contribution in [0, 0.1) is 20.8 Å². The van der Waals surface area contributed by atoms with Crippen molar-refractivity contribution >= 4 is 0 Å². The molecule has 0 radical (unpaired) electrons. The van der Waals surface area contributed by atoms with Gasteiger partial charge in [-0.15, -0.1) is 0 Å². The van der Waals surface area contributed by atoms with E-state index in [2.05, 4.69) is 57.2 Å². The Kier molecular flexibility index (Phi) is 3.30. The van der Waals surface area contributed by atoms with Crippen LogP contribution in [0.3, 0.4) is 0 Å². The summed E-state index contributed by atoms with van der Waals surface area (Å²) in [5.74, 6) is 0. The molecule has 2 N–H and O–H groups in total.